The summed E-state index contributed by atoms with van der Waals surface area (Å²) in [5.74, 6) is -2.13. The lowest BCUT2D eigenvalue weighted by Gasteiger charge is -2.24. The summed E-state index contributed by atoms with van der Waals surface area (Å²) in [6, 6.07) is 14.4. The summed E-state index contributed by atoms with van der Waals surface area (Å²) in [6.45, 7) is -0.581. The number of hydrogen-bond acceptors (Lipinski definition) is 6. The number of nitrogens with one attached hydrogen (secondary N) is 2. The Hall–Kier alpha value is -5.24. The first-order valence-electron chi connectivity index (χ1n) is 13.8. The smallest absolute Gasteiger partial charge is 0.423 e. The minimum Gasteiger partial charge on any atom is -0.479 e. The molecule has 4 N–H and O–H groups in total. The SMILES string of the molecule is O=C(NC[C@@H](O)C(=O)O)c1ccc(CN(C(=O)Nc2ccc([N+](=O)[O-])c(C(F)(F)F)c2)c2ccc(C3=CCCCC3)cc2)cc1. The minimum absolute atomic E-state index is 0.0768. The average Bonchev–Trinajstić information content (AvgIpc) is 3.02. The molecule has 0 fully saturated rings. The number of anilines is 2. The van der Waals surface area contributed by atoms with Crippen LogP contribution in [0.25, 0.3) is 5.57 Å². The Bertz CT molecular complexity index is 1610. The molecule has 0 bridgehead atoms. The van der Waals surface area contributed by atoms with E-state index in [0.29, 0.717) is 23.4 Å². The first-order chi connectivity index (χ1) is 21.3. The van der Waals surface area contributed by atoms with Crippen LogP contribution < -0.4 is 15.5 Å². The number of nitro benzene ring substituents is 1. The number of allylic oxidation sites excluding steroid dienone is 2. The van der Waals surface area contributed by atoms with E-state index in [1.165, 1.54) is 34.7 Å². The highest BCUT2D eigenvalue weighted by Gasteiger charge is 2.38. The van der Waals surface area contributed by atoms with Gasteiger partial charge in [0.25, 0.3) is 11.6 Å². The maximum absolute atomic E-state index is 13.5. The Kier molecular flexibility index (Phi) is 10.2. The number of benzene rings is 3. The van der Waals surface area contributed by atoms with Gasteiger partial charge in [0, 0.05) is 23.0 Å². The van der Waals surface area contributed by atoms with E-state index in [1.807, 2.05) is 12.1 Å². The second-order valence-electron chi connectivity index (χ2n) is 10.3. The summed E-state index contributed by atoms with van der Waals surface area (Å²) >= 11 is 0. The standard InChI is InChI=1S/C31H29F3N4O7/c32-31(33,34)25-16-23(12-15-26(25)38(44)45)36-30(43)37(24-13-10-21(11-14-24)20-4-2-1-3-5-20)18-19-6-8-22(9-7-19)28(40)35-17-27(39)29(41)42/h4,6-16,27,39H,1-3,5,17-18H2,(H,35,40)(H,36,43)(H,41,42)/t27-/m1/s1. The van der Waals surface area contributed by atoms with E-state index in [4.69, 9.17) is 5.11 Å². The van der Waals surface area contributed by atoms with Gasteiger partial charge in [-0.3, -0.25) is 19.8 Å². The summed E-state index contributed by atoms with van der Waals surface area (Å²) < 4.78 is 40.6. The Labute approximate surface area is 255 Å². The van der Waals surface area contributed by atoms with Gasteiger partial charge in [-0.1, -0.05) is 30.3 Å². The Balaban J connectivity index is 1.59. The van der Waals surface area contributed by atoms with Crippen LogP contribution in [-0.4, -0.2) is 45.7 Å². The highest BCUT2D eigenvalue weighted by atomic mass is 19.4. The van der Waals surface area contributed by atoms with Crippen LogP contribution in [0.1, 0.15) is 52.7 Å². The molecule has 0 aliphatic heterocycles. The zero-order valence-corrected chi connectivity index (χ0v) is 23.7. The third-order valence-corrected chi connectivity index (χ3v) is 7.13. The Morgan fingerprint density at radius 2 is 1.69 bits per heavy atom. The number of nitrogens with zero attached hydrogens (tertiary/aromatic N) is 2. The highest BCUT2D eigenvalue weighted by molar-refractivity contribution is 6.02. The molecule has 0 unspecified atom stereocenters. The molecular formula is C31H29F3N4O7. The van der Waals surface area contributed by atoms with Gasteiger partial charge in [-0.15, -0.1) is 0 Å². The second kappa shape index (κ2) is 14.0. The van der Waals surface area contributed by atoms with Crippen LogP contribution in [0.5, 0.6) is 0 Å². The Morgan fingerprint density at radius 3 is 2.27 bits per heavy atom. The first-order valence-corrected chi connectivity index (χ1v) is 13.8. The van der Waals surface area contributed by atoms with Gasteiger partial charge < -0.3 is 20.8 Å². The van der Waals surface area contributed by atoms with Gasteiger partial charge >= 0.3 is 18.2 Å². The molecule has 1 aliphatic rings. The number of halogens is 3. The topological polar surface area (TPSA) is 162 Å². The molecule has 0 radical (unpaired) electrons. The van der Waals surface area contributed by atoms with Crippen molar-refractivity contribution in [2.24, 2.45) is 0 Å². The molecule has 3 aromatic carbocycles. The molecule has 0 spiro atoms. The van der Waals surface area contributed by atoms with Crippen molar-refractivity contribution in [3.8, 4) is 0 Å². The van der Waals surface area contributed by atoms with Gasteiger partial charge in [-0.25, -0.2) is 9.59 Å². The fourth-order valence-electron chi connectivity index (χ4n) is 4.75. The monoisotopic (exact) mass is 626 g/mol. The number of carbonyl (C=O) groups is 3. The number of aliphatic hydroxyl groups is 1. The molecular weight excluding hydrogens is 597 g/mol. The molecule has 4 rings (SSSR count). The lowest BCUT2D eigenvalue weighted by atomic mass is 9.93. The largest absolute Gasteiger partial charge is 0.479 e. The van der Waals surface area contributed by atoms with Crippen LogP contribution >= 0.6 is 0 Å². The first kappa shape index (κ1) is 32.7. The molecule has 0 saturated carbocycles. The van der Waals surface area contributed by atoms with E-state index >= 15 is 0 Å². The number of carboxylic acid groups (broad SMARTS) is 1. The summed E-state index contributed by atoms with van der Waals surface area (Å²) in [4.78, 5) is 47.9. The molecule has 11 nitrogen and oxygen atoms in total. The third-order valence-electron chi connectivity index (χ3n) is 7.13. The molecule has 1 aliphatic carbocycles. The van der Waals surface area contributed by atoms with Crippen LogP contribution in [0, 0.1) is 10.1 Å². The number of carbonyl (C=O) groups excluding carboxylic acids is 2. The molecule has 45 heavy (non-hydrogen) atoms. The number of aliphatic carboxylic acids is 1. The van der Waals surface area contributed by atoms with Crippen molar-refractivity contribution in [2.45, 2.75) is 44.5 Å². The number of urea groups is 1. The van der Waals surface area contributed by atoms with Gasteiger partial charge in [0.15, 0.2) is 6.10 Å². The van der Waals surface area contributed by atoms with E-state index in [-0.39, 0.29) is 17.8 Å². The van der Waals surface area contributed by atoms with Crippen molar-refractivity contribution in [3.63, 3.8) is 0 Å². The maximum Gasteiger partial charge on any atom is 0.423 e. The summed E-state index contributed by atoms with van der Waals surface area (Å²) in [5.41, 5.74) is 0.302. The zero-order valence-electron chi connectivity index (χ0n) is 23.7. The van der Waals surface area contributed by atoms with E-state index in [0.717, 1.165) is 37.3 Å². The van der Waals surface area contributed by atoms with E-state index < -0.39 is 52.9 Å². The van der Waals surface area contributed by atoms with Crippen LogP contribution in [0.2, 0.25) is 0 Å². The van der Waals surface area contributed by atoms with Gasteiger partial charge in [-0.2, -0.15) is 13.2 Å². The average molecular weight is 627 g/mol. The number of alkyl halides is 3. The molecule has 0 aromatic heterocycles. The lowest BCUT2D eigenvalue weighted by Crippen LogP contribution is -2.36. The normalized spacial score (nSPS) is 13.7. The van der Waals surface area contributed by atoms with E-state index in [1.54, 1.807) is 12.1 Å². The lowest BCUT2D eigenvalue weighted by molar-refractivity contribution is -0.388. The zero-order chi connectivity index (χ0) is 32.7. The third kappa shape index (κ3) is 8.44. The minimum atomic E-state index is -5.04. The quantitative estimate of drug-likeness (QED) is 0.159. The molecule has 0 saturated heterocycles. The highest BCUT2D eigenvalue weighted by Crippen LogP contribution is 2.38. The predicted octanol–water partition coefficient (Wildman–Crippen LogP) is 5.99. The van der Waals surface area contributed by atoms with Crippen LogP contribution in [-0.2, 0) is 17.5 Å². The fraction of sp³-hybridized carbons (Fsp3) is 0.258. The molecule has 0 heterocycles. The van der Waals surface area contributed by atoms with Crippen LogP contribution in [0.4, 0.5) is 35.0 Å². The van der Waals surface area contributed by atoms with Crippen LogP contribution in [0.15, 0.2) is 72.8 Å². The number of carboxylic acids is 1. The number of hydrogen-bond donors (Lipinski definition) is 4. The predicted molar refractivity (Wildman–Crippen MR) is 159 cm³/mol. The molecule has 14 heteroatoms. The summed E-state index contributed by atoms with van der Waals surface area (Å²) in [5, 5.41) is 34.0. The molecule has 3 aromatic rings. The van der Waals surface area contributed by atoms with E-state index in [9.17, 15) is 42.8 Å². The fourth-order valence-corrected chi connectivity index (χ4v) is 4.75. The molecule has 236 valence electrons. The van der Waals surface area contributed by atoms with Crippen molar-refractivity contribution >= 4 is 40.5 Å². The summed E-state index contributed by atoms with van der Waals surface area (Å²) in [7, 11) is 0. The van der Waals surface area contributed by atoms with Crippen molar-refractivity contribution in [1.29, 1.82) is 0 Å². The van der Waals surface area contributed by atoms with Crippen molar-refractivity contribution in [2.75, 3.05) is 16.8 Å². The van der Waals surface area contributed by atoms with Gasteiger partial charge in [-0.05, 0) is 78.8 Å². The molecule has 3 amide bonds. The van der Waals surface area contributed by atoms with Gasteiger partial charge in [0.1, 0.15) is 5.56 Å². The number of aliphatic hydroxyl groups excluding tert-OH is 1. The van der Waals surface area contributed by atoms with Gasteiger partial charge in [0.05, 0.1) is 18.0 Å². The second-order valence-corrected chi connectivity index (χ2v) is 10.3. The number of nitro groups is 1. The van der Waals surface area contributed by atoms with Crippen molar-refractivity contribution in [3.05, 3.63) is 105 Å². The number of amides is 3. The summed E-state index contributed by atoms with van der Waals surface area (Å²) in [6.07, 6.45) is -0.592. The molecule has 1 atom stereocenters. The number of rotatable bonds is 10. The van der Waals surface area contributed by atoms with Crippen molar-refractivity contribution < 1.29 is 42.7 Å². The van der Waals surface area contributed by atoms with E-state index in [2.05, 4.69) is 16.7 Å². The van der Waals surface area contributed by atoms with Gasteiger partial charge in [0.2, 0.25) is 0 Å². The Morgan fingerprint density at radius 1 is 1.00 bits per heavy atom. The maximum atomic E-state index is 13.5. The van der Waals surface area contributed by atoms with Crippen LogP contribution in [0.3, 0.4) is 0 Å². The van der Waals surface area contributed by atoms with Crippen molar-refractivity contribution in [1.82, 2.24) is 5.32 Å².